The Hall–Kier alpha value is -2.97. The molecule has 2 aliphatic rings. The molecule has 2 aromatic rings. The summed E-state index contributed by atoms with van der Waals surface area (Å²) in [7, 11) is 0. The summed E-state index contributed by atoms with van der Waals surface area (Å²) in [6, 6.07) is 13.5. The van der Waals surface area contributed by atoms with Crippen LogP contribution in [0.3, 0.4) is 0 Å². The normalized spacial score (nSPS) is 31.3. The maximum absolute atomic E-state index is 12.1. The first-order chi connectivity index (χ1) is 14.0. The van der Waals surface area contributed by atoms with Crippen molar-refractivity contribution in [1.82, 2.24) is 4.98 Å². The van der Waals surface area contributed by atoms with Gasteiger partial charge in [0, 0.05) is 23.2 Å². The van der Waals surface area contributed by atoms with E-state index in [-0.39, 0.29) is 35.7 Å². The lowest BCUT2D eigenvalue weighted by Crippen LogP contribution is -2.42. The van der Waals surface area contributed by atoms with Crippen LogP contribution >= 0.6 is 0 Å². The number of allylic oxidation sites excluding steroid dienone is 1. The summed E-state index contributed by atoms with van der Waals surface area (Å²) in [4.78, 5) is 16.6. The fourth-order valence-corrected chi connectivity index (χ4v) is 4.76. The molecule has 1 aliphatic carbocycles. The molecule has 1 aromatic heterocycles. The van der Waals surface area contributed by atoms with Gasteiger partial charge in [-0.1, -0.05) is 37.3 Å². The van der Waals surface area contributed by atoms with Crippen LogP contribution in [0.25, 0.3) is 17.2 Å². The highest BCUT2D eigenvalue weighted by atomic mass is 16.6. The molecular formula is C24H24N2O3. The molecule has 6 atom stereocenters. The van der Waals surface area contributed by atoms with Gasteiger partial charge in [-0.2, -0.15) is 5.26 Å². The maximum atomic E-state index is 12.1. The molecule has 2 heterocycles. The summed E-state index contributed by atoms with van der Waals surface area (Å²) in [5.41, 5.74) is 3.17. The minimum absolute atomic E-state index is 0.0472. The Morgan fingerprint density at radius 2 is 2.03 bits per heavy atom. The average molecular weight is 388 g/mol. The number of rotatable bonds is 3. The SMILES string of the molecule is CC1OC(=O)C2CC(O)C(C)C(C=Cc3ccc(-c4ccccc4C#N)cn3)C12. The van der Waals surface area contributed by atoms with E-state index in [0.717, 1.165) is 16.8 Å². The molecule has 1 N–H and O–H groups in total. The van der Waals surface area contributed by atoms with Gasteiger partial charge in [0.1, 0.15) is 6.10 Å². The van der Waals surface area contributed by atoms with Gasteiger partial charge in [-0.25, -0.2) is 0 Å². The Bertz CT molecular complexity index is 976. The van der Waals surface area contributed by atoms with Crippen molar-refractivity contribution in [3.05, 3.63) is 59.9 Å². The van der Waals surface area contributed by atoms with Gasteiger partial charge >= 0.3 is 5.97 Å². The molecule has 0 spiro atoms. The molecule has 29 heavy (non-hydrogen) atoms. The molecule has 1 saturated heterocycles. The first-order valence-corrected chi connectivity index (χ1v) is 10.0. The van der Waals surface area contributed by atoms with Gasteiger partial charge in [-0.05, 0) is 43.4 Å². The molecule has 0 bridgehead atoms. The third-order valence-corrected chi connectivity index (χ3v) is 6.40. The number of carbonyl (C=O) groups excluding carboxylic acids is 1. The van der Waals surface area contributed by atoms with Gasteiger partial charge in [-0.3, -0.25) is 9.78 Å². The number of nitriles is 1. The minimum atomic E-state index is -0.512. The Morgan fingerprint density at radius 3 is 2.76 bits per heavy atom. The zero-order valence-electron chi connectivity index (χ0n) is 16.5. The lowest BCUT2D eigenvalue weighted by molar-refractivity contribution is -0.144. The molecule has 6 unspecified atom stereocenters. The summed E-state index contributed by atoms with van der Waals surface area (Å²) < 4.78 is 5.45. The number of aliphatic hydroxyl groups excluding tert-OH is 1. The zero-order valence-corrected chi connectivity index (χ0v) is 16.5. The van der Waals surface area contributed by atoms with Crippen LogP contribution in [0.5, 0.6) is 0 Å². The van der Waals surface area contributed by atoms with Crippen molar-refractivity contribution in [2.24, 2.45) is 23.7 Å². The third kappa shape index (κ3) is 3.56. The van der Waals surface area contributed by atoms with Crippen molar-refractivity contribution < 1.29 is 14.6 Å². The number of carbonyl (C=O) groups is 1. The number of benzene rings is 1. The van der Waals surface area contributed by atoms with Crippen LogP contribution in [0.15, 0.2) is 48.7 Å². The lowest BCUT2D eigenvalue weighted by atomic mass is 9.65. The summed E-state index contributed by atoms with van der Waals surface area (Å²) in [5.74, 6) is -0.245. The molecule has 148 valence electrons. The molecule has 1 saturated carbocycles. The number of fused-ring (bicyclic) bond motifs is 1. The zero-order chi connectivity index (χ0) is 20.5. The van der Waals surface area contributed by atoms with E-state index in [9.17, 15) is 15.2 Å². The van der Waals surface area contributed by atoms with Crippen LogP contribution in [-0.2, 0) is 9.53 Å². The van der Waals surface area contributed by atoms with Crippen LogP contribution < -0.4 is 0 Å². The van der Waals surface area contributed by atoms with Crippen molar-refractivity contribution in [2.75, 3.05) is 0 Å². The van der Waals surface area contributed by atoms with Crippen LogP contribution in [-0.4, -0.2) is 28.3 Å². The molecule has 5 nitrogen and oxygen atoms in total. The standard InChI is InChI=1S/C24H24N2O3/c1-14-19(23-15(2)29-24(28)21(23)11-22(14)27)10-9-18-8-7-17(13-26-18)20-6-4-3-5-16(20)12-25/h3-10,13-15,19,21-23,27H,11H2,1-2H3. The second kappa shape index (κ2) is 7.81. The topological polar surface area (TPSA) is 83.2 Å². The van der Waals surface area contributed by atoms with E-state index in [2.05, 4.69) is 17.1 Å². The Labute approximate surface area is 170 Å². The van der Waals surface area contributed by atoms with E-state index in [1.165, 1.54) is 0 Å². The number of ether oxygens (including phenoxy) is 1. The fraction of sp³-hybridized carbons (Fsp3) is 0.375. The number of cyclic esters (lactones) is 1. The van der Waals surface area contributed by atoms with Crippen molar-refractivity contribution in [3.63, 3.8) is 0 Å². The second-order valence-electron chi connectivity index (χ2n) is 8.05. The van der Waals surface area contributed by atoms with Crippen LogP contribution in [0.2, 0.25) is 0 Å². The Balaban J connectivity index is 1.57. The van der Waals surface area contributed by atoms with E-state index in [1.54, 1.807) is 12.3 Å². The summed E-state index contributed by atoms with van der Waals surface area (Å²) in [6.07, 6.45) is 5.60. The van der Waals surface area contributed by atoms with Gasteiger partial charge in [0.2, 0.25) is 0 Å². The smallest absolute Gasteiger partial charge is 0.309 e. The molecule has 1 aromatic carbocycles. The van der Waals surface area contributed by atoms with Crippen LogP contribution in [0.4, 0.5) is 0 Å². The lowest BCUT2D eigenvalue weighted by Gasteiger charge is -2.39. The van der Waals surface area contributed by atoms with Crippen LogP contribution in [0, 0.1) is 35.0 Å². The van der Waals surface area contributed by atoms with E-state index in [0.29, 0.717) is 12.0 Å². The molecule has 1 aliphatic heterocycles. The number of aliphatic hydroxyl groups is 1. The summed E-state index contributed by atoms with van der Waals surface area (Å²) in [5, 5.41) is 19.7. The number of hydrogen-bond acceptors (Lipinski definition) is 5. The van der Waals surface area contributed by atoms with E-state index >= 15 is 0 Å². The van der Waals surface area contributed by atoms with Gasteiger partial charge in [-0.15, -0.1) is 0 Å². The maximum Gasteiger partial charge on any atom is 0.309 e. The predicted octanol–water partition coefficient (Wildman–Crippen LogP) is 3.83. The number of aromatic nitrogens is 1. The molecule has 4 rings (SSSR count). The fourth-order valence-electron chi connectivity index (χ4n) is 4.76. The highest BCUT2D eigenvalue weighted by Crippen LogP contribution is 2.46. The van der Waals surface area contributed by atoms with Gasteiger partial charge in [0.15, 0.2) is 0 Å². The number of hydrogen-bond donors (Lipinski definition) is 1. The largest absolute Gasteiger partial charge is 0.462 e. The van der Waals surface area contributed by atoms with E-state index in [4.69, 9.17) is 4.74 Å². The van der Waals surface area contributed by atoms with Crippen LogP contribution in [0.1, 0.15) is 31.5 Å². The van der Waals surface area contributed by atoms with Crippen molar-refractivity contribution in [3.8, 4) is 17.2 Å². The number of pyridine rings is 1. The quantitative estimate of drug-likeness (QED) is 0.808. The first-order valence-electron chi connectivity index (χ1n) is 10.0. The van der Waals surface area contributed by atoms with Crippen molar-refractivity contribution in [1.29, 1.82) is 5.26 Å². The van der Waals surface area contributed by atoms with Crippen molar-refractivity contribution in [2.45, 2.75) is 32.5 Å². The highest BCUT2D eigenvalue weighted by Gasteiger charge is 2.52. The molecule has 0 radical (unpaired) electrons. The molecule has 5 heteroatoms. The van der Waals surface area contributed by atoms with Gasteiger partial charge < -0.3 is 9.84 Å². The van der Waals surface area contributed by atoms with Crippen molar-refractivity contribution >= 4 is 12.0 Å². The molecule has 2 fully saturated rings. The minimum Gasteiger partial charge on any atom is -0.462 e. The molecular weight excluding hydrogens is 364 g/mol. The predicted molar refractivity (Wildman–Crippen MR) is 109 cm³/mol. The van der Waals surface area contributed by atoms with Gasteiger partial charge in [0.25, 0.3) is 0 Å². The highest BCUT2D eigenvalue weighted by molar-refractivity contribution is 5.76. The van der Waals surface area contributed by atoms with E-state index < -0.39 is 6.10 Å². The second-order valence-corrected chi connectivity index (χ2v) is 8.05. The Morgan fingerprint density at radius 1 is 1.24 bits per heavy atom. The summed E-state index contributed by atoms with van der Waals surface area (Å²) in [6.45, 7) is 3.97. The number of esters is 1. The Kier molecular flexibility index (Phi) is 5.21. The summed E-state index contributed by atoms with van der Waals surface area (Å²) >= 11 is 0. The monoisotopic (exact) mass is 388 g/mol. The number of nitrogens with zero attached hydrogens (tertiary/aromatic N) is 2. The van der Waals surface area contributed by atoms with E-state index in [1.807, 2.05) is 50.3 Å². The third-order valence-electron chi connectivity index (χ3n) is 6.40. The average Bonchev–Trinajstić information content (AvgIpc) is 3.01. The first kappa shape index (κ1) is 19.4. The van der Waals surface area contributed by atoms with Gasteiger partial charge in [0.05, 0.1) is 29.3 Å². The molecule has 0 amide bonds.